The molecule has 0 unspecified atom stereocenters. The largest absolute Gasteiger partial charge is 0.393 e. The Morgan fingerprint density at radius 2 is 1.61 bits per heavy atom. The fourth-order valence-corrected chi connectivity index (χ4v) is 2.37. The fraction of sp³-hybridized carbons (Fsp3) is 0.400. The van der Waals surface area contributed by atoms with E-state index >= 15 is 0 Å². The molecule has 0 aromatic heterocycles. The minimum Gasteiger partial charge on any atom is -0.393 e. The summed E-state index contributed by atoms with van der Waals surface area (Å²) in [4.78, 5) is 20.6. The van der Waals surface area contributed by atoms with Gasteiger partial charge in [0.1, 0.15) is 5.69 Å². The van der Waals surface area contributed by atoms with Crippen LogP contribution in [-0.4, -0.2) is 14.6 Å². The topological polar surface area (TPSA) is 112 Å². The number of benzene rings is 1. The summed E-state index contributed by atoms with van der Waals surface area (Å²) in [7, 11) is 0. The molecule has 0 fully saturated rings. The van der Waals surface area contributed by atoms with Crippen LogP contribution >= 0.6 is 11.8 Å². The molecular formula is C10H13N3O4S. The second-order valence-corrected chi connectivity index (χ2v) is 6.48. The molecular weight excluding hydrogens is 258 g/mol. The molecule has 2 N–H and O–H groups in total. The van der Waals surface area contributed by atoms with Crippen LogP contribution in [0.15, 0.2) is 17.0 Å². The third kappa shape index (κ3) is 3.33. The molecule has 0 aliphatic rings. The van der Waals surface area contributed by atoms with E-state index in [2.05, 4.69) is 0 Å². The highest BCUT2D eigenvalue weighted by Gasteiger charge is 2.26. The molecule has 0 amide bonds. The first-order chi connectivity index (χ1) is 8.11. The molecule has 18 heavy (non-hydrogen) atoms. The van der Waals surface area contributed by atoms with E-state index in [4.69, 9.17) is 5.73 Å². The van der Waals surface area contributed by atoms with Crippen molar-refractivity contribution in [1.82, 2.24) is 0 Å². The maximum atomic E-state index is 10.9. The minimum absolute atomic E-state index is 0.0719. The first kappa shape index (κ1) is 14.2. The van der Waals surface area contributed by atoms with Gasteiger partial charge in [0.2, 0.25) is 0 Å². The van der Waals surface area contributed by atoms with Crippen LogP contribution in [0.3, 0.4) is 0 Å². The zero-order valence-electron chi connectivity index (χ0n) is 10.2. The molecule has 0 spiro atoms. The summed E-state index contributed by atoms with van der Waals surface area (Å²) < 4.78 is -0.257. The summed E-state index contributed by atoms with van der Waals surface area (Å²) in [6, 6.07) is 2.19. The normalized spacial score (nSPS) is 11.3. The summed E-state index contributed by atoms with van der Waals surface area (Å²) in [5, 5.41) is 21.6. The molecule has 8 heteroatoms. The lowest BCUT2D eigenvalue weighted by atomic mass is 10.2. The predicted molar refractivity (Wildman–Crippen MR) is 69.8 cm³/mol. The maximum absolute atomic E-state index is 10.9. The Balaban J connectivity index is 3.38. The molecule has 7 nitrogen and oxygen atoms in total. The van der Waals surface area contributed by atoms with Crippen molar-refractivity contribution in [2.75, 3.05) is 5.73 Å². The Morgan fingerprint density at radius 1 is 1.11 bits per heavy atom. The second kappa shape index (κ2) is 4.81. The number of nitro benzene ring substituents is 2. The Hall–Kier alpha value is -1.83. The summed E-state index contributed by atoms with van der Waals surface area (Å²) >= 11 is 1.25. The average Bonchev–Trinajstić information content (AvgIpc) is 2.13. The number of thioether (sulfide) groups is 1. The van der Waals surface area contributed by atoms with Crippen LogP contribution in [0, 0.1) is 20.2 Å². The SMILES string of the molecule is CC(C)(C)Sc1cc(N)c([N+](=O)[O-])cc1[N+](=O)[O-]. The van der Waals surface area contributed by atoms with E-state index in [1.165, 1.54) is 17.8 Å². The van der Waals surface area contributed by atoms with Gasteiger partial charge < -0.3 is 5.73 Å². The highest BCUT2D eigenvalue weighted by molar-refractivity contribution is 8.00. The molecule has 0 saturated heterocycles. The second-order valence-electron chi connectivity index (χ2n) is 4.61. The number of hydrogen-bond acceptors (Lipinski definition) is 6. The lowest BCUT2D eigenvalue weighted by Gasteiger charge is -2.17. The Morgan fingerprint density at radius 3 is 2.00 bits per heavy atom. The number of nitro groups is 2. The highest BCUT2D eigenvalue weighted by Crippen LogP contribution is 2.41. The Bertz CT molecular complexity index is 511. The van der Waals surface area contributed by atoms with E-state index < -0.39 is 15.5 Å². The van der Waals surface area contributed by atoms with Crippen LogP contribution in [-0.2, 0) is 0 Å². The van der Waals surface area contributed by atoms with Crippen molar-refractivity contribution in [3.05, 3.63) is 32.4 Å². The molecule has 0 atom stereocenters. The van der Waals surface area contributed by atoms with Gasteiger partial charge in [-0.3, -0.25) is 20.2 Å². The van der Waals surface area contributed by atoms with E-state index in [1.807, 2.05) is 20.8 Å². The van der Waals surface area contributed by atoms with Gasteiger partial charge in [-0.25, -0.2) is 0 Å². The summed E-state index contributed by atoms with van der Waals surface area (Å²) in [6.07, 6.45) is 0. The van der Waals surface area contributed by atoms with Gasteiger partial charge in [0.05, 0.1) is 20.8 Å². The van der Waals surface area contributed by atoms with Crippen LogP contribution in [0.5, 0.6) is 0 Å². The number of rotatable bonds is 3. The third-order valence-corrected chi connectivity index (χ3v) is 3.08. The van der Waals surface area contributed by atoms with Gasteiger partial charge in [0.15, 0.2) is 0 Å². The Labute approximate surface area is 108 Å². The number of hydrogen-bond donors (Lipinski definition) is 1. The molecule has 0 saturated carbocycles. The van der Waals surface area contributed by atoms with Crippen molar-refractivity contribution in [2.45, 2.75) is 30.4 Å². The van der Waals surface area contributed by atoms with Gasteiger partial charge in [0, 0.05) is 4.75 Å². The Kier molecular flexibility index (Phi) is 3.80. The summed E-state index contributed by atoms with van der Waals surface area (Å²) in [5.41, 5.74) is 4.72. The summed E-state index contributed by atoms with van der Waals surface area (Å²) in [6.45, 7) is 5.66. The van der Waals surface area contributed by atoms with Gasteiger partial charge in [0.25, 0.3) is 11.4 Å². The highest BCUT2D eigenvalue weighted by atomic mass is 32.2. The summed E-state index contributed by atoms with van der Waals surface area (Å²) in [5.74, 6) is 0. The lowest BCUT2D eigenvalue weighted by Crippen LogP contribution is -2.08. The average molecular weight is 271 g/mol. The van der Waals surface area contributed by atoms with Crippen LogP contribution in [0.4, 0.5) is 17.1 Å². The van der Waals surface area contributed by atoms with E-state index in [0.717, 1.165) is 6.07 Å². The lowest BCUT2D eigenvalue weighted by molar-refractivity contribution is -0.395. The molecule has 0 aliphatic heterocycles. The first-order valence-corrected chi connectivity index (χ1v) is 5.85. The molecule has 0 bridgehead atoms. The zero-order valence-corrected chi connectivity index (χ0v) is 11.0. The zero-order chi connectivity index (χ0) is 14.1. The van der Waals surface area contributed by atoms with E-state index in [-0.39, 0.29) is 16.1 Å². The molecule has 0 radical (unpaired) electrons. The first-order valence-electron chi connectivity index (χ1n) is 5.03. The molecule has 0 aliphatic carbocycles. The smallest absolute Gasteiger partial charge is 0.299 e. The van der Waals surface area contributed by atoms with Crippen molar-refractivity contribution in [3.8, 4) is 0 Å². The number of nitrogens with zero attached hydrogens (tertiary/aromatic N) is 2. The van der Waals surface area contributed by atoms with E-state index in [9.17, 15) is 20.2 Å². The standard InChI is InChI=1S/C10H13N3O4S/c1-10(2,3)18-9-4-6(11)7(12(14)15)5-8(9)13(16)17/h4-5H,11H2,1-3H3. The number of anilines is 1. The molecule has 98 valence electrons. The van der Waals surface area contributed by atoms with Gasteiger partial charge in [-0.1, -0.05) is 20.8 Å². The van der Waals surface area contributed by atoms with Gasteiger partial charge in [-0.15, -0.1) is 11.8 Å². The van der Waals surface area contributed by atoms with E-state index in [1.54, 1.807) is 0 Å². The van der Waals surface area contributed by atoms with Crippen LogP contribution < -0.4 is 5.73 Å². The quantitative estimate of drug-likeness (QED) is 0.391. The molecule has 1 rings (SSSR count). The van der Waals surface area contributed by atoms with Crippen molar-refractivity contribution < 1.29 is 9.85 Å². The van der Waals surface area contributed by atoms with E-state index in [0.29, 0.717) is 4.90 Å². The third-order valence-electron chi connectivity index (χ3n) is 1.92. The van der Waals surface area contributed by atoms with Crippen LogP contribution in [0.1, 0.15) is 20.8 Å². The van der Waals surface area contributed by atoms with Crippen molar-refractivity contribution in [3.63, 3.8) is 0 Å². The monoisotopic (exact) mass is 271 g/mol. The number of nitrogen functional groups attached to an aromatic ring is 1. The number of nitrogens with two attached hydrogens (primary N) is 1. The van der Waals surface area contributed by atoms with Gasteiger partial charge >= 0.3 is 0 Å². The predicted octanol–water partition coefficient (Wildman–Crippen LogP) is 2.98. The van der Waals surface area contributed by atoms with Gasteiger partial charge in [-0.2, -0.15) is 0 Å². The fourth-order valence-electron chi connectivity index (χ4n) is 1.29. The molecule has 1 aromatic rings. The van der Waals surface area contributed by atoms with Crippen molar-refractivity contribution >= 4 is 28.8 Å². The van der Waals surface area contributed by atoms with Crippen molar-refractivity contribution in [2.24, 2.45) is 0 Å². The van der Waals surface area contributed by atoms with Gasteiger partial charge in [-0.05, 0) is 6.07 Å². The van der Waals surface area contributed by atoms with Crippen LogP contribution in [0.2, 0.25) is 0 Å². The van der Waals surface area contributed by atoms with Crippen molar-refractivity contribution in [1.29, 1.82) is 0 Å². The maximum Gasteiger partial charge on any atom is 0.299 e. The molecule has 1 aromatic carbocycles. The van der Waals surface area contributed by atoms with Crippen LogP contribution in [0.25, 0.3) is 0 Å². The minimum atomic E-state index is -0.728. The molecule has 0 heterocycles.